The summed E-state index contributed by atoms with van der Waals surface area (Å²) in [5, 5.41) is 4.59. The molecule has 2 rings (SSSR count). The zero-order valence-electron chi connectivity index (χ0n) is 10.4. The van der Waals surface area contributed by atoms with Gasteiger partial charge in [0.15, 0.2) is 0 Å². The van der Waals surface area contributed by atoms with Gasteiger partial charge >= 0.3 is 0 Å². The highest BCUT2D eigenvalue weighted by Gasteiger charge is 2.25. The quantitative estimate of drug-likeness (QED) is 0.873. The van der Waals surface area contributed by atoms with Crippen LogP contribution in [-0.4, -0.2) is 36.6 Å². The van der Waals surface area contributed by atoms with Gasteiger partial charge in [0.1, 0.15) is 0 Å². The molecule has 0 spiro atoms. The summed E-state index contributed by atoms with van der Waals surface area (Å²) >= 11 is 1.88. The van der Waals surface area contributed by atoms with Gasteiger partial charge in [-0.15, -0.1) is 11.3 Å². The Morgan fingerprint density at radius 3 is 3.12 bits per heavy atom. The molecule has 1 saturated heterocycles. The van der Waals surface area contributed by atoms with Crippen LogP contribution in [0.4, 0.5) is 0 Å². The first kappa shape index (κ1) is 12.0. The van der Waals surface area contributed by atoms with E-state index in [2.05, 4.69) is 29.0 Å². The van der Waals surface area contributed by atoms with Crippen molar-refractivity contribution in [1.82, 2.24) is 15.2 Å². The van der Waals surface area contributed by atoms with E-state index in [4.69, 9.17) is 0 Å². The highest BCUT2D eigenvalue weighted by molar-refractivity contribution is 7.11. The lowest BCUT2D eigenvalue weighted by molar-refractivity contribution is 0.354. The molecule has 0 saturated carbocycles. The standard InChI is InChI=1S/C12H21N3S/c1-4-15-6-5-10(8-15)12-14-7-11(16-12)9(2)13-3/h7,9-10,13H,4-6,8H2,1-3H3. The van der Waals surface area contributed by atoms with Gasteiger partial charge in [-0.3, -0.25) is 0 Å². The van der Waals surface area contributed by atoms with Crippen LogP contribution in [0.15, 0.2) is 6.20 Å². The maximum atomic E-state index is 4.59. The molecule has 1 aliphatic rings. The molecule has 0 aromatic carbocycles. The first-order valence-electron chi connectivity index (χ1n) is 6.09. The predicted molar refractivity (Wildman–Crippen MR) is 69.1 cm³/mol. The fourth-order valence-corrected chi connectivity index (χ4v) is 3.26. The summed E-state index contributed by atoms with van der Waals surface area (Å²) in [4.78, 5) is 8.45. The summed E-state index contributed by atoms with van der Waals surface area (Å²) in [6.07, 6.45) is 3.31. The van der Waals surface area contributed by atoms with Crippen molar-refractivity contribution in [1.29, 1.82) is 0 Å². The second-order valence-corrected chi connectivity index (χ2v) is 5.58. The Kier molecular flexibility index (Phi) is 3.95. The normalized spacial score (nSPS) is 23.8. The van der Waals surface area contributed by atoms with Crippen LogP contribution in [0.1, 0.15) is 42.1 Å². The molecule has 2 unspecified atom stereocenters. The summed E-state index contributed by atoms with van der Waals surface area (Å²) in [6.45, 7) is 8.01. The van der Waals surface area contributed by atoms with Crippen LogP contribution in [0.5, 0.6) is 0 Å². The Labute approximate surface area is 102 Å². The molecule has 16 heavy (non-hydrogen) atoms. The van der Waals surface area contributed by atoms with Crippen molar-refractivity contribution in [2.75, 3.05) is 26.7 Å². The van der Waals surface area contributed by atoms with Gasteiger partial charge in [-0.2, -0.15) is 0 Å². The first-order chi connectivity index (χ1) is 7.74. The van der Waals surface area contributed by atoms with Crippen LogP contribution >= 0.6 is 11.3 Å². The average molecular weight is 239 g/mol. The molecule has 1 fully saturated rings. The molecule has 3 nitrogen and oxygen atoms in total. The van der Waals surface area contributed by atoms with Crippen molar-refractivity contribution < 1.29 is 0 Å². The lowest BCUT2D eigenvalue weighted by Gasteiger charge is -2.11. The minimum atomic E-state index is 0.426. The Hall–Kier alpha value is -0.450. The Morgan fingerprint density at radius 2 is 2.50 bits per heavy atom. The number of nitrogens with one attached hydrogen (secondary N) is 1. The van der Waals surface area contributed by atoms with E-state index in [1.165, 1.54) is 35.9 Å². The maximum absolute atomic E-state index is 4.59. The fourth-order valence-electron chi connectivity index (χ4n) is 2.15. The molecule has 0 amide bonds. The third-order valence-electron chi connectivity index (χ3n) is 3.47. The third-order valence-corrected chi connectivity index (χ3v) is 4.81. The monoisotopic (exact) mass is 239 g/mol. The number of rotatable bonds is 4. The van der Waals surface area contributed by atoms with E-state index >= 15 is 0 Å². The molecular weight excluding hydrogens is 218 g/mol. The molecule has 1 aromatic heterocycles. The van der Waals surface area contributed by atoms with Crippen molar-refractivity contribution in [2.45, 2.75) is 32.2 Å². The minimum absolute atomic E-state index is 0.426. The van der Waals surface area contributed by atoms with Gasteiger partial charge in [0.25, 0.3) is 0 Å². The number of thiazole rings is 1. The van der Waals surface area contributed by atoms with Gasteiger partial charge in [0.05, 0.1) is 5.01 Å². The van der Waals surface area contributed by atoms with Crippen LogP contribution in [-0.2, 0) is 0 Å². The lowest BCUT2D eigenvalue weighted by atomic mass is 10.1. The highest BCUT2D eigenvalue weighted by atomic mass is 32.1. The Morgan fingerprint density at radius 1 is 1.69 bits per heavy atom. The molecule has 0 aliphatic carbocycles. The molecular formula is C12H21N3S. The van der Waals surface area contributed by atoms with Gasteiger partial charge in [-0.05, 0) is 33.5 Å². The van der Waals surface area contributed by atoms with Crippen LogP contribution in [0.3, 0.4) is 0 Å². The van der Waals surface area contributed by atoms with Crippen LogP contribution < -0.4 is 5.32 Å². The van der Waals surface area contributed by atoms with Crippen molar-refractivity contribution in [3.05, 3.63) is 16.1 Å². The predicted octanol–water partition coefficient (Wildman–Crippen LogP) is 2.23. The summed E-state index contributed by atoms with van der Waals surface area (Å²) in [7, 11) is 2.00. The maximum Gasteiger partial charge on any atom is 0.0972 e. The van der Waals surface area contributed by atoms with Crippen LogP contribution in [0.2, 0.25) is 0 Å². The van der Waals surface area contributed by atoms with Crippen LogP contribution in [0, 0.1) is 0 Å². The summed E-state index contributed by atoms with van der Waals surface area (Å²) in [5.74, 6) is 0.669. The van der Waals surface area contributed by atoms with Gasteiger partial charge in [-0.1, -0.05) is 6.92 Å². The Balaban J connectivity index is 2.02. The number of hydrogen-bond acceptors (Lipinski definition) is 4. The summed E-state index contributed by atoms with van der Waals surface area (Å²) in [5.41, 5.74) is 0. The van der Waals surface area contributed by atoms with E-state index < -0.39 is 0 Å². The molecule has 0 bridgehead atoms. The number of hydrogen-bond donors (Lipinski definition) is 1. The lowest BCUT2D eigenvalue weighted by Crippen LogP contribution is -2.19. The Bertz CT molecular complexity index is 337. The number of likely N-dealkylation sites (N-methyl/N-ethyl adjacent to an activating group) is 1. The molecule has 90 valence electrons. The SMILES string of the molecule is CCN1CCC(c2ncc(C(C)NC)s2)C1. The second kappa shape index (κ2) is 5.25. The number of aromatic nitrogens is 1. The second-order valence-electron chi connectivity index (χ2n) is 4.49. The zero-order valence-corrected chi connectivity index (χ0v) is 11.2. The highest BCUT2D eigenvalue weighted by Crippen LogP contribution is 2.31. The van der Waals surface area contributed by atoms with Gasteiger partial charge in [0.2, 0.25) is 0 Å². The molecule has 1 aliphatic heterocycles. The molecule has 2 atom stereocenters. The number of nitrogens with zero attached hydrogens (tertiary/aromatic N) is 2. The number of likely N-dealkylation sites (tertiary alicyclic amines) is 1. The van der Waals surface area contributed by atoms with E-state index in [1.54, 1.807) is 0 Å². The fraction of sp³-hybridized carbons (Fsp3) is 0.750. The van der Waals surface area contributed by atoms with Crippen molar-refractivity contribution in [3.63, 3.8) is 0 Å². The molecule has 1 N–H and O–H groups in total. The van der Waals surface area contributed by atoms with E-state index in [0.717, 1.165) is 0 Å². The van der Waals surface area contributed by atoms with Crippen molar-refractivity contribution >= 4 is 11.3 Å². The largest absolute Gasteiger partial charge is 0.312 e. The minimum Gasteiger partial charge on any atom is -0.312 e. The van der Waals surface area contributed by atoms with Crippen LogP contribution in [0.25, 0.3) is 0 Å². The molecule has 0 radical (unpaired) electrons. The van der Waals surface area contributed by atoms with Gasteiger partial charge in [0, 0.05) is 29.6 Å². The topological polar surface area (TPSA) is 28.2 Å². The molecule has 4 heteroatoms. The summed E-state index contributed by atoms with van der Waals surface area (Å²) < 4.78 is 0. The smallest absolute Gasteiger partial charge is 0.0972 e. The zero-order chi connectivity index (χ0) is 11.5. The van der Waals surface area contributed by atoms with Crippen molar-refractivity contribution in [2.24, 2.45) is 0 Å². The van der Waals surface area contributed by atoms with E-state index in [9.17, 15) is 0 Å². The van der Waals surface area contributed by atoms with E-state index in [-0.39, 0.29) is 0 Å². The van der Waals surface area contributed by atoms with Crippen molar-refractivity contribution in [3.8, 4) is 0 Å². The summed E-state index contributed by atoms with van der Waals surface area (Å²) in [6, 6.07) is 0.426. The van der Waals surface area contributed by atoms with Gasteiger partial charge in [-0.25, -0.2) is 4.98 Å². The average Bonchev–Trinajstić information content (AvgIpc) is 2.95. The molecule has 2 heterocycles. The van der Waals surface area contributed by atoms with Gasteiger partial charge < -0.3 is 10.2 Å². The van der Waals surface area contributed by atoms with E-state index in [1.807, 2.05) is 24.6 Å². The van der Waals surface area contributed by atoms with E-state index in [0.29, 0.717) is 12.0 Å². The molecule has 1 aromatic rings. The first-order valence-corrected chi connectivity index (χ1v) is 6.91. The third kappa shape index (κ3) is 2.44.